The van der Waals surface area contributed by atoms with Crippen molar-refractivity contribution in [2.45, 2.75) is 26.7 Å². The third-order valence-corrected chi connectivity index (χ3v) is 2.36. The first-order chi connectivity index (χ1) is 8.49. The second kappa shape index (κ2) is 6.28. The molecule has 0 fully saturated rings. The number of hydrogen-bond donors (Lipinski definition) is 0. The SMILES string of the molecule is CCOC(=O)Cc1cc(C(F)F)c(C)nc1OC. The zero-order valence-corrected chi connectivity index (χ0v) is 10.5. The quantitative estimate of drug-likeness (QED) is 0.762. The van der Waals surface area contributed by atoms with Crippen molar-refractivity contribution < 1.29 is 23.0 Å². The normalized spacial score (nSPS) is 10.6. The summed E-state index contributed by atoms with van der Waals surface area (Å²) in [6.07, 6.45) is -2.77. The molecular weight excluding hydrogens is 244 g/mol. The highest BCUT2D eigenvalue weighted by atomic mass is 19.3. The lowest BCUT2D eigenvalue weighted by Crippen LogP contribution is -2.10. The molecule has 6 heteroatoms. The standard InChI is InChI=1S/C12H15F2NO3/c1-4-18-10(16)6-8-5-9(11(13)14)7(2)15-12(8)17-3/h5,11H,4,6H2,1-3H3. The smallest absolute Gasteiger partial charge is 0.310 e. The van der Waals surface area contributed by atoms with Crippen molar-refractivity contribution in [3.8, 4) is 5.88 Å². The molecule has 0 aliphatic heterocycles. The molecule has 0 saturated heterocycles. The maximum absolute atomic E-state index is 12.7. The number of pyridine rings is 1. The van der Waals surface area contributed by atoms with E-state index in [2.05, 4.69) is 4.98 Å². The summed E-state index contributed by atoms with van der Waals surface area (Å²) in [7, 11) is 1.37. The molecule has 0 saturated carbocycles. The van der Waals surface area contributed by atoms with Crippen molar-refractivity contribution in [3.05, 3.63) is 22.9 Å². The fraction of sp³-hybridized carbons (Fsp3) is 0.500. The van der Waals surface area contributed by atoms with E-state index in [1.165, 1.54) is 20.1 Å². The first-order valence-electron chi connectivity index (χ1n) is 5.47. The minimum atomic E-state index is -2.63. The van der Waals surface area contributed by atoms with Crippen LogP contribution in [0.3, 0.4) is 0 Å². The van der Waals surface area contributed by atoms with Gasteiger partial charge in [0.1, 0.15) is 0 Å². The Hall–Kier alpha value is -1.72. The molecule has 0 N–H and O–H groups in total. The third kappa shape index (κ3) is 3.38. The average Bonchev–Trinajstić information content (AvgIpc) is 2.30. The van der Waals surface area contributed by atoms with Crippen molar-refractivity contribution in [3.63, 3.8) is 0 Å². The molecule has 1 aromatic rings. The molecule has 1 aromatic heterocycles. The van der Waals surface area contributed by atoms with Gasteiger partial charge in [0.15, 0.2) is 0 Å². The second-order valence-electron chi connectivity index (χ2n) is 3.61. The first-order valence-corrected chi connectivity index (χ1v) is 5.47. The van der Waals surface area contributed by atoms with Gasteiger partial charge in [-0.05, 0) is 19.9 Å². The molecule has 18 heavy (non-hydrogen) atoms. The fourth-order valence-electron chi connectivity index (χ4n) is 1.53. The first kappa shape index (κ1) is 14.3. The molecule has 4 nitrogen and oxygen atoms in total. The minimum Gasteiger partial charge on any atom is -0.481 e. The number of methoxy groups -OCH3 is 1. The maximum Gasteiger partial charge on any atom is 0.310 e. The third-order valence-electron chi connectivity index (χ3n) is 2.36. The Morgan fingerprint density at radius 3 is 2.67 bits per heavy atom. The summed E-state index contributed by atoms with van der Waals surface area (Å²) in [5.41, 5.74) is 0.293. The van der Waals surface area contributed by atoms with E-state index in [-0.39, 0.29) is 30.2 Å². The number of alkyl halides is 2. The number of nitrogens with zero attached hydrogens (tertiary/aromatic N) is 1. The van der Waals surface area contributed by atoms with Gasteiger partial charge in [-0.3, -0.25) is 4.79 Å². The Kier molecular flexibility index (Phi) is 5.00. The second-order valence-corrected chi connectivity index (χ2v) is 3.61. The maximum atomic E-state index is 12.7. The topological polar surface area (TPSA) is 48.4 Å². The number of halogens is 2. The number of hydrogen-bond acceptors (Lipinski definition) is 4. The molecule has 1 rings (SSSR count). The predicted octanol–water partition coefficient (Wildman–Crippen LogP) is 2.44. The van der Waals surface area contributed by atoms with Gasteiger partial charge in [0.2, 0.25) is 5.88 Å². The van der Waals surface area contributed by atoms with E-state index in [1.54, 1.807) is 6.92 Å². The molecule has 0 aliphatic rings. The van der Waals surface area contributed by atoms with Crippen molar-refractivity contribution in [1.29, 1.82) is 0 Å². The summed E-state index contributed by atoms with van der Waals surface area (Å²) in [5, 5.41) is 0. The molecule has 0 unspecified atom stereocenters. The number of aromatic nitrogens is 1. The molecule has 0 radical (unpaired) electrons. The van der Waals surface area contributed by atoms with Crippen LogP contribution in [0.4, 0.5) is 8.78 Å². The van der Waals surface area contributed by atoms with Gasteiger partial charge >= 0.3 is 5.97 Å². The van der Waals surface area contributed by atoms with E-state index in [0.29, 0.717) is 5.56 Å². The number of carbonyl (C=O) groups is 1. The number of aryl methyl sites for hydroxylation is 1. The van der Waals surface area contributed by atoms with E-state index in [9.17, 15) is 13.6 Å². The number of carbonyl (C=O) groups excluding carboxylic acids is 1. The Morgan fingerprint density at radius 2 is 2.17 bits per heavy atom. The highest BCUT2D eigenvalue weighted by molar-refractivity contribution is 5.73. The van der Waals surface area contributed by atoms with Crippen molar-refractivity contribution >= 4 is 5.97 Å². The summed E-state index contributed by atoms with van der Waals surface area (Å²) in [5.74, 6) is -0.327. The van der Waals surface area contributed by atoms with Gasteiger partial charge in [0, 0.05) is 11.1 Å². The molecule has 0 aromatic carbocycles. The summed E-state index contributed by atoms with van der Waals surface area (Å²) >= 11 is 0. The molecule has 0 bridgehead atoms. The van der Waals surface area contributed by atoms with E-state index in [1.807, 2.05) is 0 Å². The van der Waals surface area contributed by atoms with E-state index in [4.69, 9.17) is 9.47 Å². The Balaban J connectivity index is 3.08. The molecule has 0 spiro atoms. The Labute approximate surface area is 104 Å². The largest absolute Gasteiger partial charge is 0.481 e. The van der Waals surface area contributed by atoms with Gasteiger partial charge in [-0.25, -0.2) is 13.8 Å². The van der Waals surface area contributed by atoms with Crippen molar-refractivity contribution in [2.75, 3.05) is 13.7 Å². The fourth-order valence-corrected chi connectivity index (χ4v) is 1.53. The Bertz CT molecular complexity index is 436. The van der Waals surface area contributed by atoms with Crippen LogP contribution in [-0.4, -0.2) is 24.7 Å². The molecule has 0 amide bonds. The zero-order valence-electron chi connectivity index (χ0n) is 10.5. The van der Waals surface area contributed by atoms with Gasteiger partial charge in [0.05, 0.1) is 25.8 Å². The molecule has 100 valence electrons. The van der Waals surface area contributed by atoms with Crippen LogP contribution >= 0.6 is 0 Å². The van der Waals surface area contributed by atoms with Crippen LogP contribution < -0.4 is 4.74 Å². The van der Waals surface area contributed by atoms with E-state index < -0.39 is 12.4 Å². The lowest BCUT2D eigenvalue weighted by atomic mass is 10.1. The van der Waals surface area contributed by atoms with Gasteiger partial charge in [-0.15, -0.1) is 0 Å². The van der Waals surface area contributed by atoms with Crippen LogP contribution in [0.5, 0.6) is 5.88 Å². The van der Waals surface area contributed by atoms with Crippen molar-refractivity contribution in [2.24, 2.45) is 0 Å². The molecule has 0 atom stereocenters. The van der Waals surface area contributed by atoms with Gasteiger partial charge in [-0.1, -0.05) is 0 Å². The summed E-state index contributed by atoms with van der Waals surface area (Å²) < 4.78 is 35.2. The van der Waals surface area contributed by atoms with Crippen molar-refractivity contribution in [1.82, 2.24) is 4.98 Å². The predicted molar refractivity (Wildman–Crippen MR) is 60.8 cm³/mol. The van der Waals surface area contributed by atoms with Crippen LogP contribution in [0, 0.1) is 6.92 Å². The van der Waals surface area contributed by atoms with E-state index in [0.717, 1.165) is 0 Å². The van der Waals surface area contributed by atoms with Crippen LogP contribution in [0.1, 0.15) is 30.2 Å². The number of ether oxygens (including phenoxy) is 2. The van der Waals surface area contributed by atoms with Crippen LogP contribution in [0.15, 0.2) is 6.07 Å². The number of esters is 1. The summed E-state index contributed by atoms with van der Waals surface area (Å²) in [4.78, 5) is 15.3. The van der Waals surface area contributed by atoms with E-state index >= 15 is 0 Å². The minimum absolute atomic E-state index is 0.135. The lowest BCUT2D eigenvalue weighted by Gasteiger charge is -2.11. The summed E-state index contributed by atoms with van der Waals surface area (Å²) in [6, 6.07) is 1.24. The summed E-state index contributed by atoms with van der Waals surface area (Å²) in [6.45, 7) is 3.38. The molecule has 0 aliphatic carbocycles. The van der Waals surface area contributed by atoms with Crippen LogP contribution in [0.2, 0.25) is 0 Å². The highest BCUT2D eigenvalue weighted by Gasteiger charge is 2.18. The zero-order chi connectivity index (χ0) is 13.7. The van der Waals surface area contributed by atoms with Crippen LogP contribution in [-0.2, 0) is 16.0 Å². The van der Waals surface area contributed by atoms with Gasteiger partial charge < -0.3 is 9.47 Å². The van der Waals surface area contributed by atoms with Crippen LogP contribution in [0.25, 0.3) is 0 Å². The Morgan fingerprint density at radius 1 is 1.50 bits per heavy atom. The molecule has 1 heterocycles. The number of rotatable bonds is 5. The lowest BCUT2D eigenvalue weighted by molar-refractivity contribution is -0.142. The van der Waals surface area contributed by atoms with Gasteiger partial charge in [0.25, 0.3) is 6.43 Å². The van der Waals surface area contributed by atoms with Gasteiger partial charge in [-0.2, -0.15) is 0 Å². The highest BCUT2D eigenvalue weighted by Crippen LogP contribution is 2.27. The molecular formula is C12H15F2NO3. The average molecular weight is 259 g/mol. The monoisotopic (exact) mass is 259 g/mol.